The Hall–Kier alpha value is -1.81. The topological polar surface area (TPSA) is 38.3 Å². The number of ether oxygens (including phenoxy) is 1. The van der Waals surface area contributed by atoms with Crippen LogP contribution in [-0.2, 0) is 11.2 Å². The normalized spacial score (nSPS) is 16.7. The first kappa shape index (κ1) is 13.2. The van der Waals surface area contributed by atoms with E-state index in [2.05, 4.69) is 21.2 Å². The Kier molecular flexibility index (Phi) is 3.49. The molecule has 3 rings (SSSR count). The average Bonchev–Trinajstić information content (AvgIpc) is 2.76. The summed E-state index contributed by atoms with van der Waals surface area (Å²) in [6.07, 6.45) is 0.638. The second-order valence-electron chi connectivity index (χ2n) is 4.79. The van der Waals surface area contributed by atoms with Gasteiger partial charge in [-0.25, -0.2) is 0 Å². The van der Waals surface area contributed by atoms with Crippen LogP contribution in [-0.4, -0.2) is 13.0 Å². The molecule has 1 heterocycles. The Morgan fingerprint density at radius 3 is 2.85 bits per heavy atom. The Balaban J connectivity index is 1.96. The van der Waals surface area contributed by atoms with Gasteiger partial charge in [0.1, 0.15) is 5.75 Å². The Morgan fingerprint density at radius 1 is 1.25 bits per heavy atom. The molecule has 2 aromatic carbocycles. The summed E-state index contributed by atoms with van der Waals surface area (Å²) in [4.78, 5) is 12.2. The van der Waals surface area contributed by atoms with Crippen LogP contribution in [0.2, 0.25) is 0 Å². The highest BCUT2D eigenvalue weighted by molar-refractivity contribution is 9.10. The smallest absolute Gasteiger partial charge is 0.232 e. The summed E-state index contributed by atoms with van der Waals surface area (Å²) in [5.41, 5.74) is 2.98. The lowest BCUT2D eigenvalue weighted by atomic mass is 9.93. The number of para-hydroxylation sites is 1. The van der Waals surface area contributed by atoms with Gasteiger partial charge in [-0.05, 0) is 41.8 Å². The lowest BCUT2D eigenvalue weighted by Crippen LogP contribution is -2.14. The van der Waals surface area contributed by atoms with Crippen LogP contribution in [0.1, 0.15) is 17.0 Å². The van der Waals surface area contributed by atoms with Crippen molar-refractivity contribution in [1.29, 1.82) is 0 Å². The van der Waals surface area contributed by atoms with E-state index in [1.807, 2.05) is 42.5 Å². The number of rotatable bonds is 3. The van der Waals surface area contributed by atoms with E-state index in [-0.39, 0.29) is 11.8 Å². The van der Waals surface area contributed by atoms with Gasteiger partial charge in [-0.3, -0.25) is 4.79 Å². The minimum atomic E-state index is -0.168. The maximum Gasteiger partial charge on any atom is 0.232 e. The first-order chi connectivity index (χ1) is 9.69. The number of methoxy groups -OCH3 is 1. The van der Waals surface area contributed by atoms with Crippen molar-refractivity contribution in [3.8, 4) is 5.75 Å². The Morgan fingerprint density at radius 2 is 2.05 bits per heavy atom. The van der Waals surface area contributed by atoms with Crippen LogP contribution in [0.5, 0.6) is 5.75 Å². The van der Waals surface area contributed by atoms with Gasteiger partial charge in [0.15, 0.2) is 0 Å². The van der Waals surface area contributed by atoms with E-state index < -0.39 is 0 Å². The fourth-order valence-corrected chi connectivity index (χ4v) is 2.97. The van der Waals surface area contributed by atoms with Gasteiger partial charge in [-0.15, -0.1) is 0 Å². The van der Waals surface area contributed by atoms with Crippen LogP contribution < -0.4 is 10.1 Å². The minimum absolute atomic E-state index is 0.0454. The van der Waals surface area contributed by atoms with E-state index in [0.717, 1.165) is 27.0 Å². The highest BCUT2D eigenvalue weighted by Gasteiger charge is 2.31. The standard InChI is InChI=1S/C16H14BrNO2/c1-20-15-5-3-2-4-10(15)8-13-12-9-11(17)6-7-14(12)18-16(13)19/h2-7,9,13H,8H2,1H3,(H,18,19)/t13-/m1/s1. The fraction of sp³-hybridized carbons (Fsp3) is 0.188. The number of fused-ring (bicyclic) bond motifs is 1. The molecule has 0 aliphatic carbocycles. The summed E-state index contributed by atoms with van der Waals surface area (Å²) < 4.78 is 6.35. The number of halogens is 1. The lowest BCUT2D eigenvalue weighted by molar-refractivity contribution is -0.117. The molecule has 0 unspecified atom stereocenters. The number of nitrogens with one attached hydrogen (secondary N) is 1. The zero-order valence-electron chi connectivity index (χ0n) is 11.0. The molecule has 0 saturated heterocycles. The molecule has 1 atom stereocenters. The molecule has 2 aromatic rings. The number of benzene rings is 2. The molecule has 0 radical (unpaired) electrons. The van der Waals surface area contributed by atoms with Crippen molar-refractivity contribution >= 4 is 27.5 Å². The molecule has 0 fully saturated rings. The molecule has 20 heavy (non-hydrogen) atoms. The van der Waals surface area contributed by atoms with Gasteiger partial charge in [-0.2, -0.15) is 0 Å². The zero-order valence-corrected chi connectivity index (χ0v) is 12.6. The maximum atomic E-state index is 12.2. The van der Waals surface area contributed by atoms with E-state index in [9.17, 15) is 4.79 Å². The summed E-state index contributed by atoms with van der Waals surface area (Å²) in [5, 5.41) is 2.93. The van der Waals surface area contributed by atoms with Crippen LogP contribution in [0.25, 0.3) is 0 Å². The number of carbonyl (C=O) groups excluding carboxylic acids is 1. The van der Waals surface area contributed by atoms with Crippen molar-refractivity contribution in [2.45, 2.75) is 12.3 Å². The van der Waals surface area contributed by atoms with Crippen LogP contribution in [0.3, 0.4) is 0 Å². The monoisotopic (exact) mass is 331 g/mol. The molecular formula is C16H14BrNO2. The van der Waals surface area contributed by atoms with Crippen LogP contribution in [0.4, 0.5) is 5.69 Å². The third kappa shape index (κ3) is 2.31. The Labute approximate surface area is 126 Å². The van der Waals surface area contributed by atoms with Crippen LogP contribution in [0.15, 0.2) is 46.9 Å². The predicted octanol–water partition coefficient (Wildman–Crippen LogP) is 3.74. The molecule has 0 bridgehead atoms. The molecule has 3 nitrogen and oxygen atoms in total. The molecule has 0 saturated carbocycles. The van der Waals surface area contributed by atoms with Crippen molar-refractivity contribution in [2.24, 2.45) is 0 Å². The number of hydrogen-bond donors (Lipinski definition) is 1. The van der Waals surface area contributed by atoms with Crippen LogP contribution in [0, 0.1) is 0 Å². The first-order valence-electron chi connectivity index (χ1n) is 6.41. The van der Waals surface area contributed by atoms with Crippen molar-refractivity contribution in [2.75, 3.05) is 12.4 Å². The summed E-state index contributed by atoms with van der Waals surface area (Å²) in [6, 6.07) is 13.7. The maximum absolute atomic E-state index is 12.2. The van der Waals surface area contributed by atoms with E-state index in [1.165, 1.54) is 0 Å². The lowest BCUT2D eigenvalue weighted by Gasteiger charge is -2.12. The number of anilines is 1. The zero-order chi connectivity index (χ0) is 14.1. The van der Waals surface area contributed by atoms with Crippen LogP contribution >= 0.6 is 15.9 Å². The first-order valence-corrected chi connectivity index (χ1v) is 7.20. The second-order valence-corrected chi connectivity index (χ2v) is 5.71. The van der Waals surface area contributed by atoms with Crippen molar-refractivity contribution in [3.05, 3.63) is 58.1 Å². The molecule has 1 N–H and O–H groups in total. The molecule has 0 spiro atoms. The van der Waals surface area contributed by atoms with Crippen molar-refractivity contribution < 1.29 is 9.53 Å². The van der Waals surface area contributed by atoms with E-state index in [1.54, 1.807) is 7.11 Å². The predicted molar refractivity (Wildman–Crippen MR) is 82.2 cm³/mol. The molecule has 102 valence electrons. The fourth-order valence-electron chi connectivity index (χ4n) is 2.59. The molecule has 1 aliphatic rings. The largest absolute Gasteiger partial charge is 0.496 e. The van der Waals surface area contributed by atoms with Gasteiger partial charge < -0.3 is 10.1 Å². The van der Waals surface area contributed by atoms with Crippen molar-refractivity contribution in [1.82, 2.24) is 0 Å². The third-order valence-electron chi connectivity index (χ3n) is 3.58. The summed E-state index contributed by atoms with van der Waals surface area (Å²) >= 11 is 3.46. The number of amides is 1. The molecule has 1 amide bonds. The second kappa shape index (κ2) is 5.29. The van der Waals surface area contributed by atoms with E-state index in [4.69, 9.17) is 4.74 Å². The molecule has 4 heteroatoms. The number of hydrogen-bond acceptors (Lipinski definition) is 2. The van der Waals surface area contributed by atoms with Gasteiger partial charge in [0, 0.05) is 10.2 Å². The Bertz CT molecular complexity index is 669. The van der Waals surface area contributed by atoms with Gasteiger partial charge in [-0.1, -0.05) is 34.1 Å². The summed E-state index contributed by atoms with van der Waals surface area (Å²) in [5.74, 6) is 0.701. The summed E-state index contributed by atoms with van der Waals surface area (Å²) in [7, 11) is 1.65. The molecular weight excluding hydrogens is 318 g/mol. The highest BCUT2D eigenvalue weighted by Crippen LogP contribution is 2.37. The van der Waals surface area contributed by atoms with E-state index >= 15 is 0 Å². The minimum Gasteiger partial charge on any atom is -0.496 e. The SMILES string of the molecule is COc1ccccc1C[C@H]1C(=O)Nc2ccc(Br)cc21. The average molecular weight is 332 g/mol. The highest BCUT2D eigenvalue weighted by atomic mass is 79.9. The summed E-state index contributed by atoms with van der Waals surface area (Å²) in [6.45, 7) is 0. The van der Waals surface area contributed by atoms with Gasteiger partial charge in [0.2, 0.25) is 5.91 Å². The third-order valence-corrected chi connectivity index (χ3v) is 4.07. The van der Waals surface area contributed by atoms with Gasteiger partial charge in [0.05, 0.1) is 13.0 Å². The van der Waals surface area contributed by atoms with Crippen molar-refractivity contribution in [3.63, 3.8) is 0 Å². The van der Waals surface area contributed by atoms with Gasteiger partial charge >= 0.3 is 0 Å². The molecule has 0 aromatic heterocycles. The van der Waals surface area contributed by atoms with E-state index in [0.29, 0.717) is 6.42 Å². The molecule has 1 aliphatic heterocycles. The quantitative estimate of drug-likeness (QED) is 0.930. The number of carbonyl (C=O) groups is 1. The van der Waals surface area contributed by atoms with Gasteiger partial charge in [0.25, 0.3) is 0 Å².